The van der Waals surface area contributed by atoms with Crippen LogP contribution in [0.3, 0.4) is 0 Å². The number of rotatable bonds is 11. The Bertz CT molecular complexity index is 1000. The van der Waals surface area contributed by atoms with Crippen LogP contribution in [-0.2, 0) is 10.8 Å². The van der Waals surface area contributed by atoms with E-state index in [1.165, 1.54) is 14.2 Å². The van der Waals surface area contributed by atoms with Crippen molar-refractivity contribution in [2.75, 3.05) is 27.9 Å². The SMILES string of the molecule is COc1cc(C(N)=O)c(CC(CCO[Si](C)(C)C(C)(C)C)c2cccc(Cl)c2)c(OC)c1OC. The van der Waals surface area contributed by atoms with E-state index in [0.29, 0.717) is 46.4 Å². The van der Waals surface area contributed by atoms with Gasteiger partial charge in [0.2, 0.25) is 11.7 Å². The summed E-state index contributed by atoms with van der Waals surface area (Å²) < 4.78 is 23.1. The Morgan fingerprint density at radius 1 is 1.06 bits per heavy atom. The maximum absolute atomic E-state index is 12.4. The Morgan fingerprint density at radius 2 is 1.71 bits per heavy atom. The smallest absolute Gasteiger partial charge is 0.249 e. The Hall–Kier alpha value is -2.22. The fourth-order valence-corrected chi connectivity index (χ4v) is 4.96. The lowest BCUT2D eigenvalue weighted by molar-refractivity contribution is 0.0998. The third-order valence-corrected chi connectivity index (χ3v) is 11.5. The molecule has 8 heteroatoms. The van der Waals surface area contributed by atoms with Crippen molar-refractivity contribution in [3.8, 4) is 17.2 Å². The second-order valence-electron chi connectivity index (χ2n) is 9.89. The van der Waals surface area contributed by atoms with Crippen LogP contribution in [0.4, 0.5) is 0 Å². The summed E-state index contributed by atoms with van der Waals surface area (Å²) in [6, 6.07) is 9.39. The number of hydrogen-bond acceptors (Lipinski definition) is 5. The van der Waals surface area contributed by atoms with Gasteiger partial charge in [-0.3, -0.25) is 4.79 Å². The van der Waals surface area contributed by atoms with Crippen LogP contribution in [0, 0.1) is 0 Å². The van der Waals surface area contributed by atoms with Gasteiger partial charge in [0, 0.05) is 22.8 Å². The molecule has 0 heterocycles. The highest BCUT2D eigenvalue weighted by atomic mass is 35.5. The minimum Gasteiger partial charge on any atom is -0.493 e. The molecule has 0 spiro atoms. The van der Waals surface area contributed by atoms with Gasteiger partial charge in [-0.2, -0.15) is 0 Å². The second-order valence-corrected chi connectivity index (χ2v) is 15.1. The van der Waals surface area contributed by atoms with E-state index >= 15 is 0 Å². The summed E-state index contributed by atoms with van der Waals surface area (Å²) in [6.45, 7) is 11.7. The number of carbonyl (C=O) groups excluding carboxylic acids is 1. The van der Waals surface area contributed by atoms with Crippen LogP contribution in [0.25, 0.3) is 0 Å². The molecule has 0 saturated heterocycles. The highest BCUT2D eigenvalue weighted by Gasteiger charge is 2.37. The Morgan fingerprint density at radius 3 is 2.21 bits per heavy atom. The maximum Gasteiger partial charge on any atom is 0.249 e. The standard InChI is InChI=1S/C26H38ClNO5Si/c1-26(2,3)34(7,8)33-13-12-18(17-10-9-11-19(27)14-17)15-20-21(25(28)29)16-22(30-4)24(32-6)23(20)31-5/h9-11,14,16,18H,12-13,15H2,1-8H3,(H2,28,29). The van der Waals surface area contributed by atoms with Crippen LogP contribution in [-0.4, -0.2) is 42.2 Å². The first-order chi connectivity index (χ1) is 15.9. The summed E-state index contributed by atoms with van der Waals surface area (Å²) in [5.41, 5.74) is 7.83. The van der Waals surface area contributed by atoms with Crippen LogP contribution in [0.15, 0.2) is 30.3 Å². The van der Waals surface area contributed by atoms with Crippen LogP contribution < -0.4 is 19.9 Å². The van der Waals surface area contributed by atoms with Crippen LogP contribution in [0.5, 0.6) is 17.2 Å². The van der Waals surface area contributed by atoms with Gasteiger partial charge in [-0.05, 0) is 60.7 Å². The number of nitrogens with two attached hydrogens (primary N) is 1. The zero-order chi connectivity index (χ0) is 25.7. The molecule has 2 aromatic carbocycles. The van der Waals surface area contributed by atoms with Crippen LogP contribution in [0.2, 0.25) is 23.2 Å². The zero-order valence-electron chi connectivity index (χ0n) is 21.6. The Kier molecular flexibility index (Phi) is 9.45. The molecule has 0 aliphatic carbocycles. The largest absolute Gasteiger partial charge is 0.493 e. The summed E-state index contributed by atoms with van der Waals surface area (Å²) in [7, 11) is 2.68. The Balaban J connectivity index is 2.52. The van der Waals surface area contributed by atoms with Crippen molar-refractivity contribution in [1.82, 2.24) is 0 Å². The van der Waals surface area contributed by atoms with Gasteiger partial charge >= 0.3 is 0 Å². The molecule has 2 N–H and O–H groups in total. The minimum atomic E-state index is -1.91. The average Bonchev–Trinajstić information content (AvgIpc) is 2.76. The molecule has 0 aliphatic heterocycles. The van der Waals surface area contributed by atoms with Gasteiger partial charge in [-0.1, -0.05) is 44.5 Å². The van der Waals surface area contributed by atoms with E-state index in [9.17, 15) is 4.79 Å². The van der Waals surface area contributed by atoms with Crippen molar-refractivity contribution in [2.24, 2.45) is 5.73 Å². The molecule has 0 saturated carbocycles. The molecule has 1 unspecified atom stereocenters. The molecule has 188 valence electrons. The maximum atomic E-state index is 12.4. The number of primary amides is 1. The summed E-state index contributed by atoms with van der Waals surface area (Å²) in [5.74, 6) is 0.697. The van der Waals surface area contributed by atoms with Crippen molar-refractivity contribution < 1.29 is 23.4 Å². The molecular weight excluding hydrogens is 470 g/mol. The fourth-order valence-electron chi connectivity index (χ4n) is 3.70. The molecule has 6 nitrogen and oxygen atoms in total. The quantitative estimate of drug-likeness (QED) is 0.366. The first-order valence-corrected chi connectivity index (χ1v) is 14.7. The lowest BCUT2D eigenvalue weighted by atomic mass is 9.87. The number of halogens is 1. The third kappa shape index (κ3) is 6.46. The molecule has 2 aromatic rings. The van der Waals surface area contributed by atoms with E-state index in [-0.39, 0.29) is 11.0 Å². The topological polar surface area (TPSA) is 80.0 Å². The number of ether oxygens (including phenoxy) is 3. The molecule has 0 aromatic heterocycles. The molecule has 34 heavy (non-hydrogen) atoms. The minimum absolute atomic E-state index is 0.00793. The van der Waals surface area contributed by atoms with Crippen molar-refractivity contribution in [1.29, 1.82) is 0 Å². The predicted octanol–water partition coefficient (Wildman–Crippen LogP) is 6.20. The van der Waals surface area contributed by atoms with E-state index in [0.717, 1.165) is 12.0 Å². The van der Waals surface area contributed by atoms with Crippen LogP contribution in [0.1, 0.15) is 54.6 Å². The highest BCUT2D eigenvalue weighted by Crippen LogP contribution is 2.44. The molecule has 0 fully saturated rings. The van der Waals surface area contributed by atoms with Crippen molar-refractivity contribution in [3.05, 3.63) is 52.0 Å². The molecule has 0 radical (unpaired) electrons. The van der Waals surface area contributed by atoms with Crippen molar-refractivity contribution in [3.63, 3.8) is 0 Å². The molecule has 0 bridgehead atoms. The zero-order valence-corrected chi connectivity index (χ0v) is 23.3. The molecular formula is C26H38ClNO5Si. The van der Waals surface area contributed by atoms with Gasteiger partial charge in [-0.25, -0.2) is 0 Å². The number of amides is 1. The molecule has 1 amide bonds. The second kappa shape index (κ2) is 11.5. The third-order valence-electron chi connectivity index (χ3n) is 6.70. The van der Waals surface area contributed by atoms with E-state index < -0.39 is 14.2 Å². The summed E-state index contributed by atoms with van der Waals surface area (Å²) in [5, 5.41) is 0.770. The molecule has 2 rings (SSSR count). The van der Waals surface area contributed by atoms with Gasteiger partial charge in [-0.15, -0.1) is 0 Å². The van der Waals surface area contributed by atoms with E-state index in [2.05, 4.69) is 33.9 Å². The van der Waals surface area contributed by atoms with Crippen molar-refractivity contribution >= 4 is 25.8 Å². The lowest BCUT2D eigenvalue weighted by Gasteiger charge is -2.36. The molecule has 1 atom stereocenters. The Labute approximate surface area is 209 Å². The number of methoxy groups -OCH3 is 3. The normalized spacial score (nSPS) is 12.9. The lowest BCUT2D eigenvalue weighted by Crippen LogP contribution is -2.41. The van der Waals surface area contributed by atoms with E-state index in [4.69, 9.17) is 36.0 Å². The van der Waals surface area contributed by atoms with Gasteiger partial charge in [0.05, 0.1) is 21.3 Å². The van der Waals surface area contributed by atoms with E-state index in [1.807, 2.05) is 24.3 Å². The number of hydrogen-bond donors (Lipinski definition) is 1. The van der Waals surface area contributed by atoms with Gasteiger partial charge in [0.25, 0.3) is 0 Å². The van der Waals surface area contributed by atoms with Crippen molar-refractivity contribution in [2.45, 2.75) is 57.7 Å². The predicted molar refractivity (Wildman–Crippen MR) is 140 cm³/mol. The summed E-state index contributed by atoms with van der Waals surface area (Å²) in [6.07, 6.45) is 1.23. The molecule has 0 aliphatic rings. The average molecular weight is 508 g/mol. The van der Waals surface area contributed by atoms with Crippen LogP contribution >= 0.6 is 11.6 Å². The fraction of sp³-hybridized carbons (Fsp3) is 0.500. The monoisotopic (exact) mass is 507 g/mol. The van der Waals surface area contributed by atoms with Gasteiger partial charge < -0.3 is 24.4 Å². The highest BCUT2D eigenvalue weighted by molar-refractivity contribution is 6.74. The van der Waals surface area contributed by atoms with Gasteiger partial charge in [0.1, 0.15) is 0 Å². The van der Waals surface area contributed by atoms with E-state index in [1.54, 1.807) is 13.2 Å². The first kappa shape index (κ1) is 28.0. The first-order valence-electron chi connectivity index (χ1n) is 11.4. The number of carbonyl (C=O) groups is 1. The summed E-state index contributed by atoms with van der Waals surface area (Å²) >= 11 is 6.33. The number of benzene rings is 2. The summed E-state index contributed by atoms with van der Waals surface area (Å²) in [4.78, 5) is 12.4. The van der Waals surface area contributed by atoms with Gasteiger partial charge in [0.15, 0.2) is 19.8 Å².